The van der Waals surface area contributed by atoms with Gasteiger partial charge >= 0.3 is 12.1 Å². The number of hydrogen-bond donors (Lipinski definition) is 3. The van der Waals surface area contributed by atoms with Gasteiger partial charge in [-0.1, -0.05) is 55.5 Å². The lowest BCUT2D eigenvalue weighted by molar-refractivity contribution is -0.137. The van der Waals surface area contributed by atoms with Gasteiger partial charge in [-0.2, -0.15) is 0 Å². The Bertz CT molecular complexity index is 1210. The number of amides is 2. The molecule has 8 nitrogen and oxygen atoms in total. The molecular formula is C26H27N3O5S. The minimum atomic E-state index is -0.972. The Morgan fingerprint density at radius 1 is 1.09 bits per heavy atom. The molecule has 35 heavy (non-hydrogen) atoms. The van der Waals surface area contributed by atoms with E-state index in [1.165, 1.54) is 11.3 Å². The molecule has 3 aromatic rings. The maximum absolute atomic E-state index is 12.5. The number of carbonyl (C=O) groups is 3. The van der Waals surface area contributed by atoms with E-state index in [1.807, 2.05) is 31.2 Å². The van der Waals surface area contributed by atoms with E-state index in [0.717, 1.165) is 22.3 Å². The molecule has 1 heterocycles. The molecule has 0 fully saturated rings. The number of fused-ring (bicyclic) bond motifs is 3. The quantitative estimate of drug-likeness (QED) is 0.405. The first-order valence-electron chi connectivity index (χ1n) is 11.4. The summed E-state index contributed by atoms with van der Waals surface area (Å²) in [6.45, 7) is 3.92. The Hall–Kier alpha value is -3.72. The Labute approximate surface area is 207 Å². The first-order chi connectivity index (χ1) is 16.9. The van der Waals surface area contributed by atoms with Gasteiger partial charge in [0, 0.05) is 16.8 Å². The summed E-state index contributed by atoms with van der Waals surface area (Å²) in [4.78, 5) is 40.9. The van der Waals surface area contributed by atoms with E-state index in [1.54, 1.807) is 6.92 Å². The van der Waals surface area contributed by atoms with Crippen LogP contribution in [-0.4, -0.2) is 40.7 Å². The number of benzene rings is 2. The molecule has 1 unspecified atom stereocenters. The minimum Gasteiger partial charge on any atom is -0.481 e. The van der Waals surface area contributed by atoms with Crippen molar-refractivity contribution in [1.82, 2.24) is 15.6 Å². The van der Waals surface area contributed by atoms with Crippen LogP contribution < -0.4 is 10.6 Å². The van der Waals surface area contributed by atoms with Gasteiger partial charge in [0.1, 0.15) is 17.3 Å². The van der Waals surface area contributed by atoms with Crippen LogP contribution in [0.2, 0.25) is 0 Å². The zero-order valence-electron chi connectivity index (χ0n) is 19.5. The summed E-state index contributed by atoms with van der Waals surface area (Å²) in [5.41, 5.74) is 4.84. The van der Waals surface area contributed by atoms with E-state index in [2.05, 4.69) is 39.9 Å². The highest BCUT2D eigenvalue weighted by Crippen LogP contribution is 2.44. The van der Waals surface area contributed by atoms with Crippen LogP contribution in [0.5, 0.6) is 0 Å². The van der Waals surface area contributed by atoms with Gasteiger partial charge in [0.05, 0.1) is 13.0 Å². The molecule has 0 spiro atoms. The fraction of sp³-hybridized carbons (Fsp3) is 0.308. The van der Waals surface area contributed by atoms with Crippen molar-refractivity contribution >= 4 is 29.3 Å². The summed E-state index contributed by atoms with van der Waals surface area (Å²) in [6.07, 6.45) is -0.211. The number of thiazole rings is 1. The molecule has 1 aliphatic rings. The largest absolute Gasteiger partial charge is 0.481 e. The molecule has 0 aliphatic heterocycles. The molecule has 1 atom stereocenters. The van der Waals surface area contributed by atoms with Crippen molar-refractivity contribution in [2.45, 2.75) is 45.2 Å². The van der Waals surface area contributed by atoms with Gasteiger partial charge in [-0.3, -0.25) is 9.59 Å². The highest BCUT2D eigenvalue weighted by Gasteiger charge is 2.29. The zero-order chi connectivity index (χ0) is 24.9. The monoisotopic (exact) mass is 493 g/mol. The summed E-state index contributed by atoms with van der Waals surface area (Å²) in [7, 11) is 0. The highest BCUT2D eigenvalue weighted by atomic mass is 32.1. The number of rotatable bonds is 9. The maximum atomic E-state index is 12.5. The third-order valence-electron chi connectivity index (χ3n) is 6.03. The lowest BCUT2D eigenvalue weighted by Gasteiger charge is -2.14. The van der Waals surface area contributed by atoms with Gasteiger partial charge in [0.15, 0.2) is 0 Å². The Balaban J connectivity index is 1.33. The third kappa shape index (κ3) is 5.51. The number of carboxylic acid groups (broad SMARTS) is 1. The Morgan fingerprint density at radius 3 is 2.31 bits per heavy atom. The SMILES string of the molecule is CCC(CC(=O)O)NC(=O)c1nc(CNC(=O)OCC2c3ccccc3-c3ccccc32)sc1C. The summed E-state index contributed by atoms with van der Waals surface area (Å²) < 4.78 is 5.54. The third-order valence-corrected chi connectivity index (χ3v) is 7.00. The average Bonchev–Trinajstić information content (AvgIpc) is 3.38. The Kier molecular flexibility index (Phi) is 7.45. The minimum absolute atomic E-state index is 0.0251. The van der Waals surface area contributed by atoms with Crippen LogP contribution in [0.4, 0.5) is 4.79 Å². The first kappa shape index (κ1) is 24.4. The van der Waals surface area contributed by atoms with Gasteiger partial charge in [0.25, 0.3) is 5.91 Å². The van der Waals surface area contributed by atoms with E-state index < -0.39 is 24.0 Å². The topological polar surface area (TPSA) is 118 Å². The van der Waals surface area contributed by atoms with E-state index in [4.69, 9.17) is 9.84 Å². The standard InChI is InChI=1S/C26H27N3O5S/c1-3-16(12-23(30)31)28-25(32)24-15(2)35-22(29-24)13-27-26(33)34-14-21-19-10-6-4-8-17(19)18-9-5-7-11-20(18)21/h4-11,16,21H,3,12-14H2,1-2H3,(H,27,33)(H,28,32)(H,30,31). The fourth-order valence-electron chi connectivity index (χ4n) is 4.30. The van der Waals surface area contributed by atoms with Crippen LogP contribution in [0.1, 0.15) is 57.2 Å². The molecule has 0 saturated carbocycles. The van der Waals surface area contributed by atoms with E-state index in [9.17, 15) is 14.4 Å². The van der Waals surface area contributed by atoms with Crippen molar-refractivity contribution in [2.75, 3.05) is 6.61 Å². The number of aromatic nitrogens is 1. The molecule has 3 N–H and O–H groups in total. The predicted molar refractivity (Wildman–Crippen MR) is 133 cm³/mol. The number of ether oxygens (including phenoxy) is 1. The summed E-state index contributed by atoms with van der Waals surface area (Å²) in [5.74, 6) is -1.41. The molecule has 1 aromatic heterocycles. The zero-order valence-corrected chi connectivity index (χ0v) is 20.4. The van der Waals surface area contributed by atoms with Crippen molar-refractivity contribution < 1.29 is 24.2 Å². The molecule has 4 rings (SSSR count). The molecule has 2 amide bonds. The maximum Gasteiger partial charge on any atom is 0.407 e. The molecule has 0 radical (unpaired) electrons. The average molecular weight is 494 g/mol. The lowest BCUT2D eigenvalue weighted by atomic mass is 9.98. The number of carbonyl (C=O) groups excluding carboxylic acids is 2. The van der Waals surface area contributed by atoms with Gasteiger partial charge in [-0.05, 0) is 35.6 Å². The summed E-state index contributed by atoms with van der Waals surface area (Å²) in [5, 5.41) is 15.0. The molecular weight excluding hydrogens is 466 g/mol. The molecule has 0 saturated heterocycles. The number of nitrogens with zero attached hydrogens (tertiary/aromatic N) is 1. The van der Waals surface area contributed by atoms with Crippen LogP contribution in [0.15, 0.2) is 48.5 Å². The molecule has 0 bridgehead atoms. The van der Waals surface area contributed by atoms with E-state index in [0.29, 0.717) is 16.3 Å². The van der Waals surface area contributed by atoms with Gasteiger partial charge in [-0.25, -0.2) is 9.78 Å². The number of aryl methyl sites for hydroxylation is 1. The van der Waals surface area contributed by atoms with Crippen LogP contribution in [-0.2, 0) is 16.1 Å². The summed E-state index contributed by atoms with van der Waals surface area (Å²) in [6, 6.07) is 15.8. The van der Waals surface area contributed by atoms with Crippen molar-refractivity contribution in [2.24, 2.45) is 0 Å². The number of hydrogen-bond acceptors (Lipinski definition) is 6. The lowest BCUT2D eigenvalue weighted by Crippen LogP contribution is -2.36. The molecule has 1 aliphatic carbocycles. The number of alkyl carbamates (subject to hydrolysis) is 1. The highest BCUT2D eigenvalue weighted by molar-refractivity contribution is 7.11. The van der Waals surface area contributed by atoms with Crippen molar-refractivity contribution in [3.8, 4) is 11.1 Å². The Morgan fingerprint density at radius 2 is 1.71 bits per heavy atom. The van der Waals surface area contributed by atoms with Crippen LogP contribution in [0, 0.1) is 6.92 Å². The smallest absolute Gasteiger partial charge is 0.407 e. The van der Waals surface area contributed by atoms with Crippen LogP contribution in [0.25, 0.3) is 11.1 Å². The number of nitrogens with one attached hydrogen (secondary N) is 2. The second-order valence-corrected chi connectivity index (χ2v) is 9.66. The van der Waals surface area contributed by atoms with E-state index in [-0.39, 0.29) is 31.2 Å². The van der Waals surface area contributed by atoms with Crippen molar-refractivity contribution in [3.05, 3.63) is 75.2 Å². The van der Waals surface area contributed by atoms with Gasteiger partial charge < -0.3 is 20.5 Å². The van der Waals surface area contributed by atoms with Crippen LogP contribution in [0.3, 0.4) is 0 Å². The second-order valence-electron chi connectivity index (χ2n) is 8.37. The van der Waals surface area contributed by atoms with E-state index >= 15 is 0 Å². The predicted octanol–water partition coefficient (Wildman–Crippen LogP) is 4.47. The van der Waals surface area contributed by atoms with Crippen molar-refractivity contribution in [1.29, 1.82) is 0 Å². The molecule has 9 heteroatoms. The number of aliphatic carboxylic acids is 1. The van der Waals surface area contributed by atoms with Crippen LogP contribution >= 0.6 is 11.3 Å². The normalized spacial score (nSPS) is 13.0. The van der Waals surface area contributed by atoms with Gasteiger partial charge in [0.2, 0.25) is 0 Å². The summed E-state index contributed by atoms with van der Waals surface area (Å²) >= 11 is 1.30. The fourth-order valence-corrected chi connectivity index (χ4v) is 5.17. The molecule has 2 aromatic carbocycles. The molecule has 182 valence electrons. The first-order valence-corrected chi connectivity index (χ1v) is 12.3. The second kappa shape index (κ2) is 10.7. The van der Waals surface area contributed by atoms with Crippen molar-refractivity contribution in [3.63, 3.8) is 0 Å². The number of carboxylic acids is 1. The van der Waals surface area contributed by atoms with Gasteiger partial charge in [-0.15, -0.1) is 11.3 Å².